The van der Waals surface area contributed by atoms with Crippen LogP contribution in [0.25, 0.3) is 11.3 Å². The molecule has 1 amide bonds. The van der Waals surface area contributed by atoms with E-state index < -0.39 is 0 Å². The first kappa shape index (κ1) is 17.2. The second-order valence-electron chi connectivity index (χ2n) is 5.95. The molecular weight excluding hydrogens is 362 g/mol. The van der Waals surface area contributed by atoms with Gasteiger partial charge in [0.1, 0.15) is 11.5 Å². The van der Waals surface area contributed by atoms with E-state index in [1.165, 1.54) is 0 Å². The maximum Gasteiger partial charge on any atom is 0.294 e. The number of amides is 1. The second kappa shape index (κ2) is 7.56. The summed E-state index contributed by atoms with van der Waals surface area (Å²) in [4.78, 5) is 14.8. The van der Waals surface area contributed by atoms with E-state index in [2.05, 4.69) is 0 Å². The monoisotopic (exact) mass is 377 g/mol. The molecule has 0 fully saturated rings. The number of furan rings is 2. The summed E-state index contributed by atoms with van der Waals surface area (Å²) in [6, 6.07) is 23.8. The smallest absolute Gasteiger partial charge is 0.294 e. The summed E-state index contributed by atoms with van der Waals surface area (Å²) in [5, 5.41) is 0.571. The van der Waals surface area contributed by atoms with E-state index in [-0.39, 0.29) is 11.7 Å². The molecule has 0 aliphatic rings. The number of halogens is 1. The van der Waals surface area contributed by atoms with Crippen molar-refractivity contribution in [3.63, 3.8) is 0 Å². The number of carbonyl (C=O) groups excluding carboxylic acids is 1. The summed E-state index contributed by atoms with van der Waals surface area (Å²) in [5.41, 5.74) is 1.50. The third-order valence-corrected chi connectivity index (χ3v) is 4.49. The molecule has 4 rings (SSSR count). The van der Waals surface area contributed by atoms with Crippen molar-refractivity contribution in [2.45, 2.75) is 6.54 Å². The summed E-state index contributed by atoms with van der Waals surface area (Å²) < 4.78 is 11.2. The van der Waals surface area contributed by atoms with Crippen LogP contribution in [0.15, 0.2) is 94.0 Å². The fraction of sp³-hybridized carbons (Fsp3) is 0.0455. The van der Waals surface area contributed by atoms with Crippen molar-refractivity contribution in [3.05, 3.63) is 102 Å². The number of hydrogen-bond donors (Lipinski definition) is 0. The second-order valence-corrected chi connectivity index (χ2v) is 6.36. The minimum absolute atomic E-state index is 0.236. The summed E-state index contributed by atoms with van der Waals surface area (Å²) in [6.07, 6.45) is 1.59. The van der Waals surface area contributed by atoms with Gasteiger partial charge in [0.2, 0.25) is 0 Å². The molecule has 2 aromatic carbocycles. The topological polar surface area (TPSA) is 46.6 Å². The molecule has 2 heterocycles. The van der Waals surface area contributed by atoms with Crippen molar-refractivity contribution in [1.29, 1.82) is 0 Å². The lowest BCUT2D eigenvalue weighted by Crippen LogP contribution is -2.29. The van der Waals surface area contributed by atoms with Crippen LogP contribution in [0.2, 0.25) is 5.02 Å². The highest BCUT2D eigenvalue weighted by molar-refractivity contribution is 6.33. The predicted octanol–water partition coefficient (Wildman–Crippen LogP) is 6.04. The van der Waals surface area contributed by atoms with E-state index in [9.17, 15) is 4.79 Å². The van der Waals surface area contributed by atoms with Crippen LogP contribution in [0, 0.1) is 0 Å². The van der Waals surface area contributed by atoms with Crippen molar-refractivity contribution in [2.24, 2.45) is 0 Å². The van der Waals surface area contributed by atoms with Crippen molar-refractivity contribution in [2.75, 3.05) is 4.90 Å². The van der Waals surface area contributed by atoms with Crippen LogP contribution in [0.1, 0.15) is 16.3 Å². The molecule has 27 heavy (non-hydrogen) atoms. The van der Waals surface area contributed by atoms with Crippen LogP contribution in [0.4, 0.5) is 5.69 Å². The standard InChI is InChI=1S/C22H16ClNO3/c23-19-11-5-4-10-18(19)20-12-13-21(27-20)22(25)24(15-17-9-6-14-26-17)16-7-2-1-3-8-16/h1-14H,15H2. The molecule has 0 aliphatic heterocycles. The van der Waals surface area contributed by atoms with E-state index in [0.717, 1.165) is 11.3 Å². The van der Waals surface area contributed by atoms with Gasteiger partial charge in [-0.25, -0.2) is 0 Å². The van der Waals surface area contributed by atoms with Gasteiger partial charge in [0, 0.05) is 11.3 Å². The van der Waals surface area contributed by atoms with Gasteiger partial charge in [-0.05, 0) is 48.5 Å². The maximum absolute atomic E-state index is 13.2. The molecule has 0 spiro atoms. The Morgan fingerprint density at radius 2 is 1.67 bits per heavy atom. The van der Waals surface area contributed by atoms with Crippen LogP contribution in [0.3, 0.4) is 0 Å². The van der Waals surface area contributed by atoms with Gasteiger partial charge in [-0.1, -0.05) is 41.9 Å². The Bertz CT molecular complexity index is 1040. The number of anilines is 1. The summed E-state index contributed by atoms with van der Waals surface area (Å²) in [5.74, 6) is 1.22. The normalized spacial score (nSPS) is 10.7. The minimum atomic E-state index is -0.254. The van der Waals surface area contributed by atoms with Gasteiger partial charge in [-0.3, -0.25) is 9.69 Å². The highest BCUT2D eigenvalue weighted by Gasteiger charge is 2.23. The molecule has 0 saturated heterocycles. The van der Waals surface area contributed by atoms with E-state index >= 15 is 0 Å². The van der Waals surface area contributed by atoms with Gasteiger partial charge in [-0.2, -0.15) is 0 Å². The quantitative estimate of drug-likeness (QED) is 0.426. The molecule has 0 bridgehead atoms. The van der Waals surface area contributed by atoms with Gasteiger partial charge in [0.25, 0.3) is 5.91 Å². The first-order valence-electron chi connectivity index (χ1n) is 8.46. The zero-order chi connectivity index (χ0) is 18.6. The van der Waals surface area contributed by atoms with Gasteiger partial charge < -0.3 is 8.83 Å². The molecule has 2 aromatic heterocycles. The summed E-state index contributed by atoms with van der Waals surface area (Å²) >= 11 is 6.23. The molecule has 4 aromatic rings. The number of nitrogens with zero attached hydrogens (tertiary/aromatic N) is 1. The molecule has 4 nitrogen and oxygen atoms in total. The van der Waals surface area contributed by atoms with E-state index in [4.69, 9.17) is 20.4 Å². The van der Waals surface area contributed by atoms with Gasteiger partial charge in [0.15, 0.2) is 5.76 Å². The van der Waals surface area contributed by atoms with Crippen molar-refractivity contribution in [1.82, 2.24) is 0 Å². The van der Waals surface area contributed by atoms with Crippen LogP contribution in [-0.2, 0) is 6.54 Å². The van der Waals surface area contributed by atoms with Crippen molar-refractivity contribution < 1.29 is 13.6 Å². The molecule has 0 saturated carbocycles. The zero-order valence-corrected chi connectivity index (χ0v) is 15.1. The molecule has 134 valence electrons. The van der Waals surface area contributed by atoms with E-state index in [1.807, 2.05) is 54.6 Å². The van der Waals surface area contributed by atoms with E-state index in [0.29, 0.717) is 23.1 Å². The number of rotatable bonds is 5. The fourth-order valence-electron chi connectivity index (χ4n) is 2.84. The first-order chi connectivity index (χ1) is 13.2. The van der Waals surface area contributed by atoms with E-state index in [1.54, 1.807) is 35.4 Å². The average Bonchev–Trinajstić information content (AvgIpc) is 3.39. The Hall–Kier alpha value is -3.24. The van der Waals surface area contributed by atoms with Crippen LogP contribution in [-0.4, -0.2) is 5.91 Å². The van der Waals surface area contributed by atoms with Crippen LogP contribution in [0.5, 0.6) is 0 Å². The Balaban J connectivity index is 1.67. The Morgan fingerprint density at radius 1 is 0.889 bits per heavy atom. The summed E-state index contributed by atoms with van der Waals surface area (Å²) in [7, 11) is 0. The molecule has 0 atom stereocenters. The molecule has 0 unspecified atom stereocenters. The molecule has 0 radical (unpaired) electrons. The first-order valence-corrected chi connectivity index (χ1v) is 8.84. The average molecular weight is 378 g/mol. The summed E-state index contributed by atoms with van der Waals surface area (Å²) in [6.45, 7) is 0.304. The van der Waals surface area contributed by atoms with Gasteiger partial charge >= 0.3 is 0 Å². The lowest BCUT2D eigenvalue weighted by Gasteiger charge is -2.20. The maximum atomic E-state index is 13.2. The molecule has 0 aliphatic carbocycles. The van der Waals surface area contributed by atoms with Crippen LogP contribution < -0.4 is 4.90 Å². The lowest BCUT2D eigenvalue weighted by atomic mass is 10.2. The highest BCUT2D eigenvalue weighted by Crippen LogP contribution is 2.30. The lowest BCUT2D eigenvalue weighted by molar-refractivity contribution is 0.0957. The third kappa shape index (κ3) is 3.66. The largest absolute Gasteiger partial charge is 0.467 e. The van der Waals surface area contributed by atoms with Gasteiger partial charge in [0.05, 0.1) is 17.8 Å². The van der Waals surface area contributed by atoms with Crippen molar-refractivity contribution >= 4 is 23.2 Å². The molecule has 5 heteroatoms. The third-order valence-electron chi connectivity index (χ3n) is 4.16. The Labute approximate surface area is 161 Å². The van der Waals surface area contributed by atoms with Gasteiger partial charge in [-0.15, -0.1) is 0 Å². The van der Waals surface area contributed by atoms with Crippen LogP contribution >= 0.6 is 11.6 Å². The Kier molecular flexibility index (Phi) is 4.81. The number of hydrogen-bond acceptors (Lipinski definition) is 3. The number of para-hydroxylation sites is 1. The van der Waals surface area contributed by atoms with Crippen molar-refractivity contribution in [3.8, 4) is 11.3 Å². The minimum Gasteiger partial charge on any atom is -0.467 e. The number of carbonyl (C=O) groups is 1. The SMILES string of the molecule is O=C(c1ccc(-c2ccccc2Cl)o1)N(Cc1ccco1)c1ccccc1. The molecular formula is C22H16ClNO3. The predicted molar refractivity (Wildman–Crippen MR) is 105 cm³/mol. The molecule has 0 N–H and O–H groups in total. The zero-order valence-electron chi connectivity index (χ0n) is 14.3. The Morgan fingerprint density at radius 3 is 2.41 bits per heavy atom. The fourth-order valence-corrected chi connectivity index (χ4v) is 3.07. The number of benzene rings is 2. The highest BCUT2D eigenvalue weighted by atomic mass is 35.5.